The molecule has 5 aromatic heterocycles. The number of carbonyl (C=O) groups is 6. The molecule has 596 valence electrons. The van der Waals surface area contributed by atoms with Crippen molar-refractivity contribution in [2.24, 2.45) is 23.7 Å². The van der Waals surface area contributed by atoms with E-state index in [4.69, 9.17) is 4.74 Å². The minimum Gasteiger partial charge on any atom is -0.375 e. The maximum atomic E-state index is 13.4. The maximum Gasteiger partial charge on any atom is 0.248 e. The Bertz CT molecular complexity index is 4800. The van der Waals surface area contributed by atoms with Gasteiger partial charge in [-0.2, -0.15) is 0 Å². The van der Waals surface area contributed by atoms with E-state index in [0.29, 0.717) is 60.9 Å². The van der Waals surface area contributed by atoms with Gasteiger partial charge in [0.2, 0.25) is 35.4 Å². The van der Waals surface area contributed by atoms with Crippen molar-refractivity contribution in [2.45, 2.75) is 161 Å². The van der Waals surface area contributed by atoms with Crippen LogP contribution < -0.4 is 0 Å². The summed E-state index contributed by atoms with van der Waals surface area (Å²) in [4.78, 5) is 100. The molecular weight excluding hydrogens is 1430 g/mol. The molecule has 112 heavy (non-hydrogen) atoms. The number of benzene rings is 5. The predicted octanol–water partition coefficient (Wildman–Crippen LogP) is 17.1. The lowest BCUT2D eigenvalue weighted by atomic mass is 9.87. The number of carbonyl (C=O) groups excluding carboxylic acids is 6. The van der Waals surface area contributed by atoms with Crippen LogP contribution in [0.3, 0.4) is 0 Å². The van der Waals surface area contributed by atoms with Gasteiger partial charge in [-0.15, -0.1) is 0 Å². The zero-order valence-electron chi connectivity index (χ0n) is 65.5. The van der Waals surface area contributed by atoms with Crippen molar-refractivity contribution >= 4 is 90.0 Å². The topological polar surface area (TPSA) is 210 Å². The molecule has 0 radical (unpaired) electrons. The molecule has 5 aromatic carbocycles. The Morgan fingerprint density at radius 1 is 0.339 bits per heavy atom. The number of aromatic amines is 5. The normalized spacial score (nSPS) is 18.0. The zero-order chi connectivity index (χ0) is 78.9. The van der Waals surface area contributed by atoms with Gasteiger partial charge in [-0.25, -0.2) is 22.0 Å². The second-order valence-corrected chi connectivity index (χ2v) is 32.2. The van der Waals surface area contributed by atoms with E-state index >= 15 is 0 Å². The fourth-order valence-corrected chi connectivity index (χ4v) is 17.8. The fraction of sp³-hybridized carbons (Fsp3) is 0.483. The number of halogens is 5. The van der Waals surface area contributed by atoms with Gasteiger partial charge in [-0.1, -0.05) is 34.6 Å². The van der Waals surface area contributed by atoms with Crippen molar-refractivity contribution in [3.05, 3.63) is 179 Å². The average Bonchev–Trinajstić information content (AvgIpc) is 1.73. The lowest BCUT2D eigenvalue weighted by molar-refractivity contribution is -0.142. The average molecular weight is 1540 g/mol. The molecule has 1 saturated carbocycles. The van der Waals surface area contributed by atoms with Crippen molar-refractivity contribution < 1.29 is 55.5 Å². The molecule has 0 unspecified atom stereocenters. The Morgan fingerprint density at radius 3 is 0.812 bits per heavy atom. The van der Waals surface area contributed by atoms with Crippen LogP contribution in [0.15, 0.2) is 122 Å². The molecule has 11 heterocycles. The van der Waals surface area contributed by atoms with Crippen LogP contribution >= 0.6 is 0 Å². The standard InChI is InChI=1S/C23H30FN3O2.C17H19FN2O.C17H21FN2O.C16H19FN2O2.C16H19FN2O/c1-15(2)22(28)26-11-7-17(8-12-26)23(29)27-9-5-16(6-10-27)20-14-25-21-13-18(24)3-4-19(20)21;18-13-3-4-14-15(10-19-16(14)9-13)11-5-7-20(8-6-11)17(21)12-1-2-12;1-11(2)17(21)20-7-5-12(6-8-20)15-10-19-16-9-13(18)3-4-14(15)16;1-21-10-16(20)19-6-4-11(5-7-19)14-9-18-15-8-12(17)2-3-13(14)15;1-2-16(20)19-7-5-11(6-8-19)14-10-18-15-9-12(17)3-4-13(14)15/h3-4,13-17,25H,5-12H2,1-2H3;3-4,9-12,19H,1-2,5-8H2;3-4,9-12,19H,5-8H2,1-2H3;2-3,8-9,11,18H,4-7,10H2,1H3;3-4,9-11,18H,2,5-8H2,1H3. The Morgan fingerprint density at radius 2 is 0.571 bits per heavy atom. The number of hydrogen-bond acceptors (Lipinski definition) is 7. The lowest BCUT2D eigenvalue weighted by Gasteiger charge is -2.37. The van der Waals surface area contributed by atoms with Gasteiger partial charge in [0.1, 0.15) is 35.7 Å². The highest BCUT2D eigenvalue weighted by Crippen LogP contribution is 2.41. The highest BCUT2D eigenvalue weighted by Gasteiger charge is 2.37. The Labute approximate surface area is 651 Å². The van der Waals surface area contributed by atoms with Gasteiger partial charge >= 0.3 is 0 Å². The van der Waals surface area contributed by atoms with Crippen LogP contribution in [-0.2, 0) is 33.5 Å². The van der Waals surface area contributed by atoms with Gasteiger partial charge < -0.3 is 59.1 Å². The third kappa shape index (κ3) is 18.9. The fourth-order valence-electron chi connectivity index (χ4n) is 17.8. The van der Waals surface area contributed by atoms with Crippen molar-refractivity contribution in [3.63, 3.8) is 0 Å². The van der Waals surface area contributed by atoms with Gasteiger partial charge in [0, 0.05) is 201 Å². The number of aromatic nitrogens is 5. The smallest absolute Gasteiger partial charge is 0.248 e. The lowest BCUT2D eigenvalue weighted by Crippen LogP contribution is -2.47. The summed E-state index contributed by atoms with van der Waals surface area (Å²) < 4.78 is 71.2. The molecular formula is C89H108F5N11O7. The van der Waals surface area contributed by atoms with Crippen LogP contribution in [0.25, 0.3) is 54.5 Å². The van der Waals surface area contributed by atoms with E-state index < -0.39 is 0 Å². The summed E-state index contributed by atoms with van der Waals surface area (Å²) in [5.74, 6) is 2.85. The van der Waals surface area contributed by atoms with Crippen LogP contribution in [0.1, 0.15) is 188 Å². The van der Waals surface area contributed by atoms with Gasteiger partial charge in [-0.05, 0) is 238 Å². The van der Waals surface area contributed by atoms with E-state index in [2.05, 4.69) is 24.9 Å². The number of rotatable bonds is 12. The van der Waals surface area contributed by atoms with E-state index in [9.17, 15) is 50.7 Å². The number of hydrogen-bond donors (Lipinski definition) is 5. The molecule has 18 nitrogen and oxygen atoms in total. The molecule has 6 amide bonds. The summed E-state index contributed by atoms with van der Waals surface area (Å²) in [6.07, 6.45) is 23.9. The number of nitrogens with one attached hydrogen (secondary N) is 5. The molecule has 6 saturated heterocycles. The van der Waals surface area contributed by atoms with Crippen LogP contribution in [-0.4, -0.2) is 182 Å². The van der Waals surface area contributed by atoms with Crippen molar-refractivity contribution in [3.8, 4) is 0 Å². The summed E-state index contributed by atoms with van der Waals surface area (Å²) >= 11 is 0. The maximum absolute atomic E-state index is 13.4. The quantitative estimate of drug-likeness (QED) is 0.0747. The highest BCUT2D eigenvalue weighted by atomic mass is 19.1. The minimum absolute atomic E-state index is 0.0160. The molecule has 0 bridgehead atoms. The predicted molar refractivity (Wildman–Crippen MR) is 428 cm³/mol. The van der Waals surface area contributed by atoms with Crippen molar-refractivity contribution in [1.82, 2.24) is 54.3 Å². The SMILES string of the molecule is CC(C)C(=O)N1CCC(C(=O)N2CCC(c3c[nH]c4cc(F)ccc34)CC2)CC1.CC(C)C(=O)N1CCC(c2c[nH]c3cc(F)ccc23)CC1.CCC(=O)N1CCC(c2c[nH]c3cc(F)ccc23)CC1.COCC(=O)N1CCC(c2c[nH]c3cc(F)ccc23)CC1.O=C(C1CC1)N1CCC(c2c[nH]c3cc(F)ccc23)CC1. The summed E-state index contributed by atoms with van der Waals surface area (Å²) in [6.45, 7) is 19.2. The van der Waals surface area contributed by atoms with Crippen LogP contribution in [0.4, 0.5) is 22.0 Å². The minimum atomic E-state index is -0.229. The van der Waals surface area contributed by atoms with E-state index in [1.54, 1.807) is 6.07 Å². The van der Waals surface area contributed by atoms with Gasteiger partial charge in [0.25, 0.3) is 0 Å². The number of likely N-dealkylation sites (tertiary alicyclic amines) is 6. The first-order valence-electron chi connectivity index (χ1n) is 40.6. The number of H-pyrrole nitrogens is 5. The Balaban J connectivity index is 0.000000123. The van der Waals surface area contributed by atoms with E-state index in [1.807, 2.05) is 125 Å². The van der Waals surface area contributed by atoms with Gasteiger partial charge in [0.15, 0.2) is 0 Å². The highest BCUT2D eigenvalue weighted by molar-refractivity contribution is 5.89. The molecule has 17 rings (SSSR count). The van der Waals surface area contributed by atoms with Crippen molar-refractivity contribution in [1.29, 1.82) is 0 Å². The van der Waals surface area contributed by atoms with Crippen LogP contribution in [0.5, 0.6) is 0 Å². The summed E-state index contributed by atoms with van der Waals surface area (Å²) in [7, 11) is 1.54. The molecule has 7 aliphatic rings. The number of piperidine rings is 6. The number of nitrogens with zero attached hydrogens (tertiary/aromatic N) is 6. The number of methoxy groups -OCH3 is 1. The van der Waals surface area contributed by atoms with Gasteiger partial charge in [0.05, 0.1) is 0 Å². The van der Waals surface area contributed by atoms with Gasteiger partial charge in [-0.3, -0.25) is 28.8 Å². The van der Waals surface area contributed by atoms with Crippen molar-refractivity contribution in [2.75, 3.05) is 92.3 Å². The zero-order valence-corrected chi connectivity index (χ0v) is 65.5. The molecule has 10 aromatic rings. The molecule has 6 aliphatic heterocycles. The third-order valence-corrected chi connectivity index (χ3v) is 24.3. The largest absolute Gasteiger partial charge is 0.375 e. The van der Waals surface area contributed by atoms with Crippen LogP contribution in [0, 0.1) is 52.8 Å². The Kier molecular flexibility index (Phi) is 26.1. The molecule has 1 aliphatic carbocycles. The second kappa shape index (κ2) is 36.4. The summed E-state index contributed by atoms with van der Waals surface area (Å²) in [5.41, 5.74) is 10.5. The molecule has 0 atom stereocenters. The number of amides is 6. The molecule has 0 spiro atoms. The molecule has 7 fully saturated rings. The third-order valence-electron chi connectivity index (χ3n) is 24.3. The van der Waals surface area contributed by atoms with E-state index in [1.165, 1.54) is 89.5 Å². The first kappa shape index (κ1) is 80.3. The molecule has 5 N–H and O–H groups in total. The number of fused-ring (bicyclic) bond motifs is 5. The van der Waals surface area contributed by atoms with E-state index in [-0.39, 0.29) is 83.0 Å². The second-order valence-electron chi connectivity index (χ2n) is 32.2. The first-order valence-corrected chi connectivity index (χ1v) is 40.6. The monoisotopic (exact) mass is 1540 g/mol. The number of ether oxygens (including phenoxy) is 1. The summed E-state index contributed by atoms with van der Waals surface area (Å²) in [5, 5.41) is 5.48. The summed E-state index contributed by atoms with van der Waals surface area (Å²) in [6, 6.07) is 24.5. The van der Waals surface area contributed by atoms with E-state index in [0.717, 1.165) is 210 Å². The first-order chi connectivity index (χ1) is 54.1. The Hall–Kier alpha value is -9.77. The molecule has 23 heteroatoms. The van der Waals surface area contributed by atoms with Crippen LogP contribution in [0.2, 0.25) is 0 Å².